The van der Waals surface area contributed by atoms with Gasteiger partial charge in [0.25, 0.3) is 0 Å². The lowest BCUT2D eigenvalue weighted by atomic mass is 10.6. The maximum Gasteiger partial charge on any atom is 0.163 e. The molecule has 0 aliphatic carbocycles. The summed E-state index contributed by atoms with van der Waals surface area (Å²) in [4.78, 5) is 0. The zero-order valence-corrected chi connectivity index (χ0v) is 12.7. The topological polar surface area (TPSA) is 18.5 Å². The van der Waals surface area contributed by atoms with Gasteiger partial charge in [0, 0.05) is 6.61 Å². The van der Waals surface area contributed by atoms with E-state index in [4.69, 9.17) is 8.54 Å². The molecule has 0 N–H and O–H groups in total. The molecule has 0 aromatic carbocycles. The Kier molecular flexibility index (Phi) is 7.61. The summed E-state index contributed by atoms with van der Waals surface area (Å²) >= 11 is 0. The Morgan fingerprint density at radius 1 is 1.55 bits per heavy atom. The van der Waals surface area contributed by atoms with Crippen LogP contribution in [-0.2, 0) is 8.54 Å². The van der Waals surface area contributed by atoms with E-state index >= 15 is 0 Å². The Bertz CT molecular complexity index is 91.9. The van der Waals surface area contributed by atoms with Crippen LogP contribution in [0.4, 0.5) is 0 Å². The third kappa shape index (κ3) is 4.91. The molecule has 0 rings (SSSR count). The van der Waals surface area contributed by atoms with Crippen molar-refractivity contribution < 1.29 is 8.54 Å². The Hall–Kier alpha value is 0.571. The fourth-order valence-corrected chi connectivity index (χ4v) is 7.25. The minimum Gasteiger partial charge on any atom is -0.466 e. The van der Waals surface area contributed by atoms with E-state index in [0.717, 1.165) is 22.3 Å². The highest BCUT2D eigenvalue weighted by molar-refractivity contribution is 6.66. The molecule has 68 valence electrons. The van der Waals surface area contributed by atoms with Gasteiger partial charge < -0.3 is 8.54 Å². The second kappa shape index (κ2) is 7.23. The van der Waals surface area contributed by atoms with E-state index < -0.39 is 9.04 Å². The van der Waals surface area contributed by atoms with Gasteiger partial charge in [-0.05, 0) is 18.6 Å². The van der Waals surface area contributed by atoms with Gasteiger partial charge in [-0.15, -0.1) is 0 Å². The molecule has 2 atom stereocenters. The minimum absolute atomic E-state index is 0.274. The van der Waals surface area contributed by atoms with Gasteiger partial charge in [0.05, 0.1) is 0 Å². The van der Waals surface area contributed by atoms with E-state index in [9.17, 15) is 0 Å². The van der Waals surface area contributed by atoms with Gasteiger partial charge in [0.2, 0.25) is 0 Å². The Morgan fingerprint density at radius 3 is 2.55 bits per heavy atom. The standard InChI is InChI=1S/C6H20O2Si3/c1-4-6(10-7-5-2)11(3)8-9/h6,11H,4-5,10H2,1-3,9H3. The Morgan fingerprint density at radius 2 is 2.18 bits per heavy atom. The van der Waals surface area contributed by atoms with Crippen molar-refractivity contribution in [2.45, 2.75) is 32.0 Å². The van der Waals surface area contributed by atoms with Crippen molar-refractivity contribution in [3.05, 3.63) is 0 Å². The van der Waals surface area contributed by atoms with Crippen LogP contribution in [0.15, 0.2) is 0 Å². The quantitative estimate of drug-likeness (QED) is 0.548. The van der Waals surface area contributed by atoms with Crippen LogP contribution in [0, 0.1) is 0 Å². The first-order chi connectivity index (χ1) is 5.26. The zero-order valence-electron chi connectivity index (χ0n) is 8.09. The largest absolute Gasteiger partial charge is 0.466 e. The second-order valence-electron chi connectivity index (χ2n) is 2.77. The molecular weight excluding hydrogens is 188 g/mol. The number of hydrogen-bond acceptors (Lipinski definition) is 2. The molecule has 5 heteroatoms. The van der Waals surface area contributed by atoms with E-state index in [1.807, 2.05) is 0 Å². The molecule has 0 aromatic rings. The molecule has 0 amide bonds. The Balaban J connectivity index is 3.56. The van der Waals surface area contributed by atoms with Crippen LogP contribution >= 0.6 is 0 Å². The fourth-order valence-electron chi connectivity index (χ4n) is 1.05. The molecule has 0 aliphatic heterocycles. The van der Waals surface area contributed by atoms with E-state index in [-0.39, 0.29) is 9.76 Å². The third-order valence-corrected chi connectivity index (χ3v) is 11.1. The van der Waals surface area contributed by atoms with E-state index in [1.54, 1.807) is 0 Å². The molecule has 0 fully saturated rings. The molecule has 11 heavy (non-hydrogen) atoms. The molecule has 2 unspecified atom stereocenters. The maximum atomic E-state index is 5.53. The second-order valence-corrected chi connectivity index (χ2v) is 9.74. The average Bonchev–Trinajstić information content (AvgIpc) is 2.05. The van der Waals surface area contributed by atoms with Crippen LogP contribution in [-0.4, -0.2) is 35.9 Å². The van der Waals surface area contributed by atoms with Crippen LogP contribution in [0.5, 0.6) is 0 Å². The SMILES string of the molecule is CCO[SiH2]C(CC)[SiH](C)O[SiH3]. The van der Waals surface area contributed by atoms with Crippen LogP contribution < -0.4 is 0 Å². The van der Waals surface area contributed by atoms with Crippen LogP contribution in [0.1, 0.15) is 20.3 Å². The summed E-state index contributed by atoms with van der Waals surface area (Å²) in [5.41, 5.74) is 0. The summed E-state index contributed by atoms with van der Waals surface area (Å²) < 4.78 is 11.1. The van der Waals surface area contributed by atoms with Crippen molar-refractivity contribution in [1.82, 2.24) is 0 Å². The lowest BCUT2D eigenvalue weighted by Gasteiger charge is -2.18. The lowest BCUT2D eigenvalue weighted by molar-refractivity contribution is 0.355. The molecule has 0 radical (unpaired) electrons. The van der Waals surface area contributed by atoms with Crippen molar-refractivity contribution in [2.75, 3.05) is 6.61 Å². The van der Waals surface area contributed by atoms with Gasteiger partial charge in [-0.1, -0.05) is 13.3 Å². The molecular formula is C6H20O2Si3. The normalized spacial score (nSPS) is 17.7. The van der Waals surface area contributed by atoms with Crippen molar-refractivity contribution in [3.63, 3.8) is 0 Å². The molecule has 0 saturated heterocycles. The molecule has 0 bridgehead atoms. The van der Waals surface area contributed by atoms with E-state index in [0.29, 0.717) is 0 Å². The summed E-state index contributed by atoms with van der Waals surface area (Å²) in [7, 11) is -0.191. The molecule has 0 aromatic heterocycles. The molecule has 2 nitrogen and oxygen atoms in total. The van der Waals surface area contributed by atoms with Gasteiger partial charge in [0.1, 0.15) is 10.5 Å². The highest BCUT2D eigenvalue weighted by Gasteiger charge is 2.16. The van der Waals surface area contributed by atoms with Crippen LogP contribution in [0.25, 0.3) is 0 Å². The van der Waals surface area contributed by atoms with E-state index in [2.05, 4.69) is 20.4 Å². The van der Waals surface area contributed by atoms with Crippen molar-refractivity contribution >= 4 is 29.3 Å². The summed E-state index contributed by atoms with van der Waals surface area (Å²) in [5.74, 6) is 0. The summed E-state index contributed by atoms with van der Waals surface area (Å²) in [6.07, 6.45) is 1.27. The van der Waals surface area contributed by atoms with Crippen molar-refractivity contribution in [1.29, 1.82) is 0 Å². The van der Waals surface area contributed by atoms with Gasteiger partial charge >= 0.3 is 0 Å². The van der Waals surface area contributed by atoms with Gasteiger partial charge in [-0.3, -0.25) is 0 Å². The molecule has 0 aliphatic rings. The fraction of sp³-hybridized carbons (Fsp3) is 1.00. The highest BCUT2D eigenvalue weighted by Crippen LogP contribution is 2.13. The molecule has 0 heterocycles. The first-order valence-electron chi connectivity index (χ1n) is 4.36. The lowest BCUT2D eigenvalue weighted by Crippen LogP contribution is -2.25. The first kappa shape index (κ1) is 11.6. The van der Waals surface area contributed by atoms with Crippen molar-refractivity contribution in [3.8, 4) is 0 Å². The third-order valence-electron chi connectivity index (χ3n) is 2.10. The highest BCUT2D eigenvalue weighted by atomic mass is 28.4. The smallest absolute Gasteiger partial charge is 0.163 e. The predicted molar refractivity (Wildman–Crippen MR) is 58.2 cm³/mol. The van der Waals surface area contributed by atoms with Crippen molar-refractivity contribution in [2.24, 2.45) is 0 Å². The van der Waals surface area contributed by atoms with Gasteiger partial charge in [-0.25, -0.2) is 0 Å². The maximum absolute atomic E-state index is 5.53. The minimum atomic E-state index is -0.829. The van der Waals surface area contributed by atoms with Gasteiger partial charge in [0.15, 0.2) is 18.8 Å². The van der Waals surface area contributed by atoms with Crippen LogP contribution in [0.3, 0.4) is 0 Å². The molecule has 0 spiro atoms. The van der Waals surface area contributed by atoms with Crippen LogP contribution in [0.2, 0.25) is 11.7 Å². The monoisotopic (exact) mass is 208 g/mol. The number of hydrogen-bond donors (Lipinski definition) is 0. The summed E-state index contributed by atoms with van der Waals surface area (Å²) in [6, 6.07) is 0. The molecule has 0 saturated carbocycles. The van der Waals surface area contributed by atoms with Gasteiger partial charge in [-0.2, -0.15) is 0 Å². The summed E-state index contributed by atoms with van der Waals surface area (Å²) in [6.45, 7) is 7.52. The zero-order chi connectivity index (χ0) is 8.69. The predicted octanol–water partition coefficient (Wildman–Crippen LogP) is -0.505. The van der Waals surface area contributed by atoms with E-state index in [1.165, 1.54) is 6.42 Å². The average molecular weight is 208 g/mol. The summed E-state index contributed by atoms with van der Waals surface area (Å²) in [5, 5.41) is 0.854. The number of rotatable bonds is 6. The first-order valence-corrected chi connectivity index (χ1v) is 8.87. The Labute approximate surface area is 76.9 Å².